The maximum Gasteiger partial charge on any atom is 0.471 e. The SMILES string of the molecule is CCN1CCN(Cc2ccc(NC(=O)C(F)(F)F)cc2C(F)(F)F)CC1.O. The number of anilines is 1. The van der Waals surface area contributed by atoms with Crippen molar-refractivity contribution >= 4 is 11.6 Å². The van der Waals surface area contributed by atoms with Crippen molar-refractivity contribution in [2.45, 2.75) is 25.8 Å². The first-order valence-corrected chi connectivity index (χ1v) is 8.03. The largest absolute Gasteiger partial charge is 0.471 e. The minimum Gasteiger partial charge on any atom is -0.412 e. The third-order valence-corrected chi connectivity index (χ3v) is 4.24. The molecule has 1 aromatic rings. The monoisotopic (exact) mass is 401 g/mol. The summed E-state index contributed by atoms with van der Waals surface area (Å²) in [5.41, 5.74) is -1.62. The predicted octanol–water partition coefficient (Wildman–Crippen LogP) is 2.52. The summed E-state index contributed by atoms with van der Waals surface area (Å²) in [4.78, 5) is 15.0. The molecule has 1 heterocycles. The van der Waals surface area contributed by atoms with Crippen molar-refractivity contribution in [3.05, 3.63) is 29.3 Å². The van der Waals surface area contributed by atoms with Gasteiger partial charge in [0.1, 0.15) is 0 Å². The van der Waals surface area contributed by atoms with Gasteiger partial charge in [0.05, 0.1) is 5.56 Å². The first-order valence-electron chi connectivity index (χ1n) is 8.03. The fourth-order valence-corrected chi connectivity index (χ4v) is 2.76. The van der Waals surface area contributed by atoms with Gasteiger partial charge in [-0.05, 0) is 24.2 Å². The smallest absolute Gasteiger partial charge is 0.412 e. The fraction of sp³-hybridized carbons (Fsp3) is 0.562. The van der Waals surface area contributed by atoms with E-state index in [0.29, 0.717) is 19.2 Å². The van der Waals surface area contributed by atoms with Crippen molar-refractivity contribution in [2.75, 3.05) is 38.0 Å². The Morgan fingerprint density at radius 3 is 2.07 bits per heavy atom. The topological polar surface area (TPSA) is 67.1 Å². The number of halogens is 6. The number of amides is 1. The average molecular weight is 401 g/mol. The molecule has 2 rings (SSSR count). The van der Waals surface area contributed by atoms with E-state index in [9.17, 15) is 31.1 Å². The van der Waals surface area contributed by atoms with Crippen LogP contribution in [0.15, 0.2) is 18.2 Å². The summed E-state index contributed by atoms with van der Waals surface area (Å²) in [5.74, 6) is -2.31. The van der Waals surface area contributed by atoms with Crippen molar-refractivity contribution in [2.24, 2.45) is 0 Å². The number of carbonyl (C=O) groups excluding carboxylic acids is 1. The van der Waals surface area contributed by atoms with Crippen LogP contribution in [0.2, 0.25) is 0 Å². The van der Waals surface area contributed by atoms with Crippen molar-refractivity contribution in [1.82, 2.24) is 9.80 Å². The summed E-state index contributed by atoms with van der Waals surface area (Å²) in [6.45, 7) is 5.63. The summed E-state index contributed by atoms with van der Waals surface area (Å²) < 4.78 is 76.7. The van der Waals surface area contributed by atoms with Crippen LogP contribution in [0, 0.1) is 0 Å². The number of alkyl halides is 6. The minimum atomic E-state index is -5.17. The number of hydrogen-bond acceptors (Lipinski definition) is 3. The van der Waals surface area contributed by atoms with Gasteiger partial charge in [0.2, 0.25) is 0 Å². The number of carbonyl (C=O) groups is 1. The molecular weight excluding hydrogens is 380 g/mol. The van der Waals surface area contributed by atoms with Crippen LogP contribution >= 0.6 is 0 Å². The molecule has 1 aromatic carbocycles. The highest BCUT2D eigenvalue weighted by Crippen LogP contribution is 2.35. The zero-order valence-corrected chi connectivity index (χ0v) is 14.5. The third-order valence-electron chi connectivity index (χ3n) is 4.24. The van der Waals surface area contributed by atoms with Gasteiger partial charge in [-0.2, -0.15) is 26.3 Å². The summed E-state index contributed by atoms with van der Waals surface area (Å²) in [6, 6.07) is 2.71. The van der Waals surface area contributed by atoms with Crippen molar-refractivity contribution in [1.29, 1.82) is 0 Å². The fourth-order valence-electron chi connectivity index (χ4n) is 2.76. The van der Waals surface area contributed by atoms with Crippen molar-refractivity contribution in [3.8, 4) is 0 Å². The molecule has 0 unspecified atom stereocenters. The summed E-state index contributed by atoms with van der Waals surface area (Å²) in [7, 11) is 0. The third kappa shape index (κ3) is 6.36. The normalized spacial score (nSPS) is 16.7. The van der Waals surface area contributed by atoms with E-state index in [0.717, 1.165) is 31.8 Å². The van der Waals surface area contributed by atoms with Gasteiger partial charge in [0, 0.05) is 38.4 Å². The van der Waals surface area contributed by atoms with Crippen molar-refractivity contribution in [3.63, 3.8) is 0 Å². The molecule has 1 aliphatic rings. The second-order valence-electron chi connectivity index (χ2n) is 6.03. The predicted molar refractivity (Wildman–Crippen MR) is 87.1 cm³/mol. The van der Waals surface area contributed by atoms with Crippen LogP contribution in [-0.2, 0) is 17.5 Å². The Bertz CT molecular complexity index is 640. The van der Waals surface area contributed by atoms with Gasteiger partial charge in [-0.1, -0.05) is 13.0 Å². The molecule has 1 amide bonds. The second-order valence-corrected chi connectivity index (χ2v) is 6.03. The van der Waals surface area contributed by atoms with Crippen molar-refractivity contribution < 1.29 is 36.6 Å². The van der Waals surface area contributed by atoms with Crippen LogP contribution in [-0.4, -0.2) is 60.1 Å². The number of nitrogens with zero attached hydrogens (tertiary/aromatic N) is 2. The molecule has 0 aromatic heterocycles. The molecule has 3 N–H and O–H groups in total. The summed E-state index contributed by atoms with van der Waals surface area (Å²) in [5, 5.41) is 1.45. The van der Waals surface area contributed by atoms with Crippen LogP contribution < -0.4 is 5.32 Å². The standard InChI is InChI=1S/C16H19F6N3O.H2O/c1-2-24-5-7-25(8-6-24)10-11-3-4-12(9-13(11)15(17,18)19)23-14(26)16(20,21)22;/h3-4,9H,2,5-8,10H2,1H3,(H,23,26);1H2. The Hall–Kier alpha value is -1.85. The number of nitrogens with one attached hydrogen (secondary N) is 1. The molecule has 0 saturated carbocycles. The number of likely N-dealkylation sites (N-methyl/N-ethyl adjacent to an activating group) is 1. The number of benzene rings is 1. The molecule has 0 radical (unpaired) electrons. The maximum absolute atomic E-state index is 13.3. The van der Waals surface area contributed by atoms with Gasteiger partial charge >= 0.3 is 18.3 Å². The van der Waals surface area contributed by atoms with Crippen LogP contribution in [0.4, 0.5) is 32.0 Å². The zero-order valence-electron chi connectivity index (χ0n) is 14.5. The molecule has 0 bridgehead atoms. The van der Waals surface area contributed by atoms with Crippen LogP contribution in [0.5, 0.6) is 0 Å². The highest BCUT2D eigenvalue weighted by molar-refractivity contribution is 5.95. The highest BCUT2D eigenvalue weighted by atomic mass is 19.4. The molecule has 11 heteroatoms. The highest BCUT2D eigenvalue weighted by Gasteiger charge is 2.39. The summed E-state index contributed by atoms with van der Waals surface area (Å²) in [6.07, 6.45) is -9.91. The Labute approximate surface area is 152 Å². The first-order chi connectivity index (χ1) is 12.0. The molecule has 1 saturated heterocycles. The number of piperazine rings is 1. The van der Waals surface area contributed by atoms with Gasteiger partial charge < -0.3 is 15.7 Å². The lowest BCUT2D eigenvalue weighted by Gasteiger charge is -2.34. The summed E-state index contributed by atoms with van der Waals surface area (Å²) >= 11 is 0. The van der Waals surface area contributed by atoms with E-state index in [1.54, 1.807) is 0 Å². The molecule has 0 aliphatic carbocycles. The lowest BCUT2D eigenvalue weighted by Crippen LogP contribution is -2.45. The molecule has 0 spiro atoms. The van der Waals surface area contributed by atoms with E-state index in [1.807, 2.05) is 11.8 Å². The number of hydrogen-bond donors (Lipinski definition) is 1. The maximum atomic E-state index is 13.3. The van der Waals surface area contributed by atoms with Crippen LogP contribution in [0.3, 0.4) is 0 Å². The van der Waals surface area contributed by atoms with E-state index in [2.05, 4.69) is 4.90 Å². The van der Waals surface area contributed by atoms with E-state index in [-0.39, 0.29) is 17.6 Å². The minimum absolute atomic E-state index is 0. The quantitative estimate of drug-likeness (QED) is 0.789. The lowest BCUT2D eigenvalue weighted by molar-refractivity contribution is -0.167. The molecule has 5 nitrogen and oxygen atoms in total. The van der Waals surface area contributed by atoms with Gasteiger partial charge in [0.25, 0.3) is 0 Å². The van der Waals surface area contributed by atoms with E-state index >= 15 is 0 Å². The van der Waals surface area contributed by atoms with E-state index < -0.39 is 29.5 Å². The van der Waals surface area contributed by atoms with Crippen LogP contribution in [0.1, 0.15) is 18.1 Å². The Morgan fingerprint density at radius 1 is 1.04 bits per heavy atom. The lowest BCUT2D eigenvalue weighted by atomic mass is 10.0. The molecule has 27 heavy (non-hydrogen) atoms. The molecule has 1 fully saturated rings. The first kappa shape index (κ1) is 23.2. The Kier molecular flexibility index (Phi) is 7.64. The van der Waals surface area contributed by atoms with Gasteiger partial charge in [-0.25, -0.2) is 0 Å². The van der Waals surface area contributed by atoms with Gasteiger partial charge in [0.15, 0.2) is 0 Å². The second kappa shape index (κ2) is 8.89. The Balaban J connectivity index is 0.00000364. The van der Waals surface area contributed by atoms with Gasteiger partial charge in [-0.15, -0.1) is 0 Å². The zero-order chi connectivity index (χ0) is 19.5. The number of rotatable bonds is 4. The van der Waals surface area contributed by atoms with E-state index in [1.165, 1.54) is 5.32 Å². The molecule has 0 atom stereocenters. The van der Waals surface area contributed by atoms with E-state index in [4.69, 9.17) is 0 Å². The van der Waals surface area contributed by atoms with Gasteiger partial charge in [-0.3, -0.25) is 9.69 Å². The molecule has 1 aliphatic heterocycles. The Morgan fingerprint density at radius 2 is 1.59 bits per heavy atom. The molecular formula is C16H21F6N3O2. The molecule has 154 valence electrons. The van der Waals surface area contributed by atoms with Crippen LogP contribution in [0.25, 0.3) is 0 Å². The average Bonchev–Trinajstić information content (AvgIpc) is 2.55.